The first-order valence-electron chi connectivity index (χ1n) is 6.95. The molecular weight excluding hydrogens is 264 g/mol. The summed E-state index contributed by atoms with van der Waals surface area (Å²) in [5.74, 6) is 0.309. The van der Waals surface area contributed by atoms with Gasteiger partial charge in [0.1, 0.15) is 0 Å². The van der Waals surface area contributed by atoms with Gasteiger partial charge in [-0.3, -0.25) is 4.79 Å². The highest BCUT2D eigenvalue weighted by Gasteiger charge is 2.19. The van der Waals surface area contributed by atoms with E-state index in [0.29, 0.717) is 19.6 Å². The molecule has 1 amide bonds. The Hall–Kier alpha value is -0.620. The van der Waals surface area contributed by atoms with Crippen molar-refractivity contribution in [2.75, 3.05) is 25.9 Å². The molecule has 0 saturated heterocycles. The summed E-state index contributed by atoms with van der Waals surface area (Å²) in [5.41, 5.74) is 0. The molecule has 0 saturated carbocycles. The minimum absolute atomic E-state index is 0.0167. The van der Waals surface area contributed by atoms with Crippen molar-refractivity contribution in [3.8, 4) is 0 Å². The fraction of sp³-hybridized carbons (Fsp3) is 0.923. The summed E-state index contributed by atoms with van der Waals surface area (Å²) < 4.78 is 24.6. The maximum atomic E-state index is 11.8. The first-order valence-corrected chi connectivity index (χ1v) is 8.79. The quantitative estimate of drug-likeness (QED) is 0.699. The first kappa shape index (κ1) is 18.4. The van der Waals surface area contributed by atoms with Crippen molar-refractivity contribution in [1.82, 2.24) is 9.62 Å². The van der Waals surface area contributed by atoms with Gasteiger partial charge in [-0.2, -0.15) is 0 Å². The zero-order chi connectivity index (χ0) is 15.1. The van der Waals surface area contributed by atoms with Gasteiger partial charge < -0.3 is 5.32 Å². The number of hydrogen-bond donors (Lipinski definition) is 1. The molecule has 6 heteroatoms. The summed E-state index contributed by atoms with van der Waals surface area (Å²) in [6, 6.07) is 0. The lowest BCUT2D eigenvalue weighted by atomic mass is 10.0. The molecule has 0 bridgehead atoms. The minimum atomic E-state index is -3.21. The van der Waals surface area contributed by atoms with Gasteiger partial charge in [0.05, 0.1) is 6.26 Å². The third kappa shape index (κ3) is 7.52. The van der Waals surface area contributed by atoms with E-state index in [-0.39, 0.29) is 17.7 Å². The molecule has 0 aliphatic heterocycles. The molecule has 0 rings (SSSR count). The second-order valence-electron chi connectivity index (χ2n) is 5.32. The molecule has 0 radical (unpaired) electrons. The number of carbonyl (C=O) groups is 1. The van der Waals surface area contributed by atoms with Crippen LogP contribution in [0.25, 0.3) is 0 Å². The van der Waals surface area contributed by atoms with Crippen LogP contribution in [0.3, 0.4) is 0 Å². The van der Waals surface area contributed by atoms with Crippen LogP contribution in [0.5, 0.6) is 0 Å². The fourth-order valence-corrected chi connectivity index (χ4v) is 2.90. The van der Waals surface area contributed by atoms with Gasteiger partial charge in [-0.15, -0.1) is 0 Å². The van der Waals surface area contributed by atoms with Crippen LogP contribution in [-0.2, 0) is 14.8 Å². The summed E-state index contributed by atoms with van der Waals surface area (Å²) in [6.07, 6.45) is 2.83. The highest BCUT2D eigenvalue weighted by molar-refractivity contribution is 7.88. The average molecular weight is 292 g/mol. The summed E-state index contributed by atoms with van der Waals surface area (Å²) in [5, 5.41) is 2.82. The van der Waals surface area contributed by atoms with E-state index in [4.69, 9.17) is 0 Å². The van der Waals surface area contributed by atoms with Gasteiger partial charge in [0, 0.05) is 25.6 Å². The van der Waals surface area contributed by atoms with Gasteiger partial charge in [-0.25, -0.2) is 12.7 Å². The topological polar surface area (TPSA) is 66.5 Å². The van der Waals surface area contributed by atoms with E-state index in [1.807, 2.05) is 27.7 Å². The smallest absolute Gasteiger partial charge is 0.223 e. The Balaban J connectivity index is 4.31. The highest BCUT2D eigenvalue weighted by Crippen LogP contribution is 2.07. The lowest BCUT2D eigenvalue weighted by Crippen LogP contribution is -2.41. The molecule has 0 aromatic heterocycles. The average Bonchev–Trinajstić information content (AvgIpc) is 2.27. The van der Waals surface area contributed by atoms with Crippen molar-refractivity contribution in [1.29, 1.82) is 0 Å². The monoisotopic (exact) mass is 292 g/mol. The van der Waals surface area contributed by atoms with Gasteiger partial charge in [-0.1, -0.05) is 27.7 Å². The molecule has 0 fully saturated rings. The number of rotatable bonds is 9. The molecule has 1 N–H and O–H groups in total. The number of hydrogen-bond acceptors (Lipinski definition) is 3. The molecule has 114 valence electrons. The number of amides is 1. The number of sulfonamides is 1. The summed E-state index contributed by atoms with van der Waals surface area (Å²) in [7, 11) is -3.21. The van der Waals surface area contributed by atoms with Crippen molar-refractivity contribution >= 4 is 15.9 Å². The molecular formula is C13H28N2O3S. The largest absolute Gasteiger partial charge is 0.355 e. The molecule has 0 aromatic rings. The Labute approximate surface area is 117 Å². The van der Waals surface area contributed by atoms with Crippen molar-refractivity contribution in [3.05, 3.63) is 0 Å². The maximum absolute atomic E-state index is 11.8. The molecule has 0 unspecified atom stereocenters. The molecule has 0 aliphatic rings. The third-order valence-corrected chi connectivity index (χ3v) is 4.32. The Bertz CT molecular complexity index is 362. The Morgan fingerprint density at radius 3 is 2.11 bits per heavy atom. The molecule has 0 heterocycles. The summed E-state index contributed by atoms with van der Waals surface area (Å²) in [6.45, 7) is 9.10. The van der Waals surface area contributed by atoms with E-state index in [2.05, 4.69) is 5.32 Å². The lowest BCUT2D eigenvalue weighted by Gasteiger charge is -2.22. The third-order valence-electron chi connectivity index (χ3n) is 3.05. The van der Waals surface area contributed by atoms with E-state index in [0.717, 1.165) is 12.8 Å². The molecule has 0 aromatic carbocycles. The van der Waals surface area contributed by atoms with Gasteiger partial charge >= 0.3 is 0 Å². The highest BCUT2D eigenvalue weighted by atomic mass is 32.2. The van der Waals surface area contributed by atoms with Crippen LogP contribution in [0.2, 0.25) is 0 Å². The second-order valence-corrected chi connectivity index (χ2v) is 7.30. The van der Waals surface area contributed by atoms with Crippen molar-refractivity contribution < 1.29 is 13.2 Å². The predicted octanol–water partition coefficient (Wildman–Crippen LogP) is 1.46. The van der Waals surface area contributed by atoms with E-state index < -0.39 is 10.0 Å². The van der Waals surface area contributed by atoms with Crippen LogP contribution < -0.4 is 5.32 Å². The second kappa shape index (κ2) is 8.53. The van der Waals surface area contributed by atoms with Gasteiger partial charge in [0.25, 0.3) is 0 Å². The van der Waals surface area contributed by atoms with Crippen molar-refractivity contribution in [3.63, 3.8) is 0 Å². The van der Waals surface area contributed by atoms with Crippen LogP contribution in [-0.4, -0.2) is 44.5 Å². The van der Waals surface area contributed by atoms with Crippen LogP contribution >= 0.6 is 0 Å². The summed E-state index contributed by atoms with van der Waals surface area (Å²) in [4.78, 5) is 11.8. The zero-order valence-corrected chi connectivity index (χ0v) is 13.6. The first-order chi connectivity index (χ1) is 8.72. The van der Waals surface area contributed by atoms with Crippen LogP contribution in [0.1, 0.15) is 40.5 Å². The van der Waals surface area contributed by atoms with Crippen LogP contribution in [0.15, 0.2) is 0 Å². The number of nitrogens with zero attached hydrogens (tertiary/aromatic N) is 1. The number of carbonyl (C=O) groups excluding carboxylic acids is 1. The van der Waals surface area contributed by atoms with E-state index >= 15 is 0 Å². The maximum Gasteiger partial charge on any atom is 0.223 e. The fourth-order valence-electron chi connectivity index (χ4n) is 1.91. The van der Waals surface area contributed by atoms with Gasteiger partial charge in [0.2, 0.25) is 15.9 Å². The van der Waals surface area contributed by atoms with E-state index in [1.165, 1.54) is 10.6 Å². The van der Waals surface area contributed by atoms with Crippen LogP contribution in [0, 0.1) is 11.8 Å². The molecule has 0 aliphatic carbocycles. The molecule has 0 spiro atoms. The summed E-state index contributed by atoms with van der Waals surface area (Å²) >= 11 is 0. The SMILES string of the molecule is CCC(CC)C(=O)NCCN(CC(C)C)S(C)(=O)=O. The molecule has 19 heavy (non-hydrogen) atoms. The van der Waals surface area contributed by atoms with Crippen LogP contribution in [0.4, 0.5) is 0 Å². The number of nitrogens with one attached hydrogen (secondary N) is 1. The van der Waals surface area contributed by atoms with Gasteiger partial charge in [0.15, 0.2) is 0 Å². The molecule has 0 atom stereocenters. The van der Waals surface area contributed by atoms with Crippen molar-refractivity contribution in [2.45, 2.75) is 40.5 Å². The zero-order valence-electron chi connectivity index (χ0n) is 12.8. The standard InChI is InChI=1S/C13H28N2O3S/c1-6-12(7-2)13(16)14-8-9-15(10-11(3)4)19(5,17)18/h11-12H,6-10H2,1-5H3,(H,14,16). The Morgan fingerprint density at radius 2 is 1.74 bits per heavy atom. The van der Waals surface area contributed by atoms with E-state index in [1.54, 1.807) is 0 Å². The van der Waals surface area contributed by atoms with Gasteiger partial charge in [-0.05, 0) is 18.8 Å². The van der Waals surface area contributed by atoms with E-state index in [9.17, 15) is 13.2 Å². The normalized spacial score (nSPS) is 12.4. The lowest BCUT2D eigenvalue weighted by molar-refractivity contribution is -0.125. The Kier molecular flexibility index (Phi) is 8.25. The molecule has 5 nitrogen and oxygen atoms in total. The Morgan fingerprint density at radius 1 is 1.21 bits per heavy atom. The predicted molar refractivity (Wildman–Crippen MR) is 78.3 cm³/mol. The minimum Gasteiger partial charge on any atom is -0.355 e. The van der Waals surface area contributed by atoms with Crippen molar-refractivity contribution in [2.24, 2.45) is 11.8 Å².